The second kappa shape index (κ2) is 10.1. The lowest BCUT2D eigenvalue weighted by Crippen LogP contribution is -2.21. The summed E-state index contributed by atoms with van der Waals surface area (Å²) in [5, 5.41) is 3.02. The Labute approximate surface area is 166 Å². The van der Waals surface area contributed by atoms with Crippen LogP contribution in [0.5, 0.6) is 0 Å². The molecule has 27 heavy (non-hydrogen) atoms. The molecule has 0 saturated carbocycles. The van der Waals surface area contributed by atoms with Crippen LogP contribution in [0.1, 0.15) is 27.2 Å². The molecule has 0 saturated heterocycles. The first-order valence-electron chi connectivity index (χ1n) is 8.24. The fraction of sp³-hybridized carbons (Fsp3) is 0.316. The summed E-state index contributed by atoms with van der Waals surface area (Å²) in [4.78, 5) is 37.7. The Bertz CT molecular complexity index is 817. The number of hydrogen-bond acceptors (Lipinski definition) is 7. The van der Waals surface area contributed by atoms with Crippen LogP contribution in [0.3, 0.4) is 0 Å². The number of thiophene rings is 1. The first-order valence-corrected chi connectivity index (χ1v) is 10.0. The van der Waals surface area contributed by atoms with Gasteiger partial charge < -0.3 is 14.8 Å². The lowest BCUT2D eigenvalue weighted by Gasteiger charge is -2.07. The third kappa shape index (κ3) is 6.11. The van der Waals surface area contributed by atoms with Crippen molar-refractivity contribution in [3.05, 3.63) is 46.3 Å². The number of amides is 1. The number of nitrogens with one attached hydrogen (secondary N) is 1. The number of carbonyl (C=O) groups excluding carboxylic acids is 3. The summed E-state index contributed by atoms with van der Waals surface area (Å²) in [5.41, 5.74) is 1.09. The van der Waals surface area contributed by atoms with Gasteiger partial charge in [-0.05, 0) is 31.5 Å². The molecule has 1 amide bonds. The van der Waals surface area contributed by atoms with Crippen molar-refractivity contribution < 1.29 is 23.9 Å². The largest absolute Gasteiger partial charge is 0.465 e. The molecule has 0 bridgehead atoms. The van der Waals surface area contributed by atoms with Crippen LogP contribution < -0.4 is 5.32 Å². The second-order valence-electron chi connectivity index (χ2n) is 5.60. The van der Waals surface area contributed by atoms with Crippen LogP contribution in [0.15, 0.2) is 35.2 Å². The molecule has 1 aromatic heterocycles. The van der Waals surface area contributed by atoms with Crippen LogP contribution in [0, 0.1) is 13.8 Å². The van der Waals surface area contributed by atoms with Crippen molar-refractivity contribution in [3.8, 4) is 0 Å². The Morgan fingerprint density at radius 3 is 2.52 bits per heavy atom. The second-order valence-corrected chi connectivity index (χ2v) is 7.99. The number of rotatable bonds is 8. The minimum atomic E-state index is -0.512. The minimum absolute atomic E-state index is 0.206. The highest BCUT2D eigenvalue weighted by Gasteiger charge is 2.21. The van der Waals surface area contributed by atoms with Crippen molar-refractivity contribution in [3.63, 3.8) is 0 Å². The zero-order valence-corrected chi connectivity index (χ0v) is 17.0. The standard InChI is InChI=1S/C19H21NO5S2/c1-12-13(2)27-18(17(12)19(23)24-3)20-15(21)11-25-16(22)9-10-26-14-7-5-4-6-8-14/h4-8H,9-11H2,1-3H3,(H,20,21). The van der Waals surface area contributed by atoms with Crippen LogP contribution in [0.4, 0.5) is 5.00 Å². The predicted molar refractivity (Wildman–Crippen MR) is 107 cm³/mol. The van der Waals surface area contributed by atoms with Gasteiger partial charge in [-0.2, -0.15) is 0 Å². The fourth-order valence-electron chi connectivity index (χ4n) is 2.21. The average Bonchev–Trinajstić information content (AvgIpc) is 2.94. The molecule has 0 spiro atoms. The van der Waals surface area contributed by atoms with Gasteiger partial charge in [0.25, 0.3) is 5.91 Å². The van der Waals surface area contributed by atoms with E-state index in [-0.39, 0.29) is 6.42 Å². The maximum atomic E-state index is 12.1. The van der Waals surface area contributed by atoms with E-state index in [0.717, 1.165) is 15.3 Å². The Hall–Kier alpha value is -2.32. The molecule has 0 atom stereocenters. The normalized spacial score (nSPS) is 10.3. The number of benzene rings is 1. The van der Waals surface area contributed by atoms with Crippen molar-refractivity contribution >= 4 is 45.9 Å². The molecule has 1 N–H and O–H groups in total. The van der Waals surface area contributed by atoms with Gasteiger partial charge in [0, 0.05) is 15.5 Å². The molecule has 6 nitrogen and oxygen atoms in total. The molecular weight excluding hydrogens is 386 g/mol. The van der Waals surface area contributed by atoms with E-state index in [1.165, 1.54) is 18.4 Å². The lowest BCUT2D eigenvalue weighted by molar-refractivity contribution is -0.146. The van der Waals surface area contributed by atoms with E-state index in [0.29, 0.717) is 16.3 Å². The first kappa shape index (κ1) is 21.0. The van der Waals surface area contributed by atoms with Gasteiger partial charge in [0.2, 0.25) is 0 Å². The number of methoxy groups -OCH3 is 1. The maximum Gasteiger partial charge on any atom is 0.341 e. The van der Waals surface area contributed by atoms with E-state index in [4.69, 9.17) is 9.47 Å². The Kier molecular flexibility index (Phi) is 7.87. The van der Waals surface area contributed by atoms with Gasteiger partial charge in [0.05, 0.1) is 19.1 Å². The van der Waals surface area contributed by atoms with Crippen molar-refractivity contribution in [1.82, 2.24) is 0 Å². The number of ether oxygens (including phenoxy) is 2. The number of aryl methyl sites for hydroxylation is 1. The topological polar surface area (TPSA) is 81.7 Å². The molecule has 2 aromatic rings. The Balaban J connectivity index is 1.80. The molecule has 0 aliphatic rings. The van der Waals surface area contributed by atoms with Gasteiger partial charge in [0.15, 0.2) is 6.61 Å². The SMILES string of the molecule is COC(=O)c1c(NC(=O)COC(=O)CCSc2ccccc2)sc(C)c1C. The highest BCUT2D eigenvalue weighted by molar-refractivity contribution is 7.99. The van der Waals surface area contributed by atoms with Gasteiger partial charge in [-0.25, -0.2) is 4.79 Å². The number of anilines is 1. The van der Waals surface area contributed by atoms with Gasteiger partial charge in [-0.3, -0.25) is 9.59 Å². The maximum absolute atomic E-state index is 12.1. The first-order chi connectivity index (χ1) is 12.9. The van der Waals surface area contributed by atoms with E-state index >= 15 is 0 Å². The fourth-order valence-corrected chi connectivity index (χ4v) is 4.13. The zero-order valence-electron chi connectivity index (χ0n) is 15.4. The molecule has 144 valence electrons. The monoisotopic (exact) mass is 407 g/mol. The lowest BCUT2D eigenvalue weighted by atomic mass is 10.1. The Morgan fingerprint density at radius 2 is 1.85 bits per heavy atom. The molecule has 1 heterocycles. The molecule has 0 aliphatic carbocycles. The van der Waals surface area contributed by atoms with Gasteiger partial charge in [-0.15, -0.1) is 23.1 Å². The summed E-state index contributed by atoms with van der Waals surface area (Å²) >= 11 is 2.83. The third-order valence-electron chi connectivity index (χ3n) is 3.71. The van der Waals surface area contributed by atoms with E-state index in [1.54, 1.807) is 18.7 Å². The van der Waals surface area contributed by atoms with Crippen molar-refractivity contribution in [2.24, 2.45) is 0 Å². The van der Waals surface area contributed by atoms with Crippen LogP contribution in [-0.2, 0) is 19.1 Å². The average molecular weight is 408 g/mol. The van der Waals surface area contributed by atoms with Crippen LogP contribution in [-0.4, -0.2) is 37.3 Å². The van der Waals surface area contributed by atoms with Crippen molar-refractivity contribution in [2.45, 2.75) is 25.2 Å². The minimum Gasteiger partial charge on any atom is -0.465 e. The van der Waals surface area contributed by atoms with Crippen molar-refractivity contribution in [1.29, 1.82) is 0 Å². The summed E-state index contributed by atoms with van der Waals surface area (Å²) < 4.78 is 9.76. The molecule has 0 radical (unpaired) electrons. The van der Waals surface area contributed by atoms with E-state index < -0.39 is 24.5 Å². The molecule has 8 heteroatoms. The number of hydrogen-bond donors (Lipinski definition) is 1. The van der Waals surface area contributed by atoms with Gasteiger partial charge in [-0.1, -0.05) is 18.2 Å². The molecule has 0 aliphatic heterocycles. The highest BCUT2D eigenvalue weighted by atomic mass is 32.2. The van der Waals surface area contributed by atoms with Crippen LogP contribution in [0.2, 0.25) is 0 Å². The van der Waals surface area contributed by atoms with E-state index in [9.17, 15) is 14.4 Å². The summed E-state index contributed by atoms with van der Waals surface area (Å²) in [6.07, 6.45) is 0.206. The van der Waals surface area contributed by atoms with Crippen LogP contribution >= 0.6 is 23.1 Å². The molecule has 1 aromatic carbocycles. The molecule has 0 unspecified atom stereocenters. The number of carbonyl (C=O) groups is 3. The molecule has 2 rings (SSSR count). The van der Waals surface area contributed by atoms with E-state index in [1.807, 2.05) is 37.3 Å². The predicted octanol–water partition coefficient (Wildman–Crippen LogP) is 3.82. The van der Waals surface area contributed by atoms with Crippen molar-refractivity contribution in [2.75, 3.05) is 24.8 Å². The summed E-state index contributed by atoms with van der Waals surface area (Å²) in [6, 6.07) is 9.73. The Morgan fingerprint density at radius 1 is 1.15 bits per heavy atom. The zero-order chi connectivity index (χ0) is 19.8. The van der Waals surface area contributed by atoms with Crippen LogP contribution in [0.25, 0.3) is 0 Å². The molecule has 0 fully saturated rings. The van der Waals surface area contributed by atoms with E-state index in [2.05, 4.69) is 5.32 Å². The van der Waals surface area contributed by atoms with Gasteiger partial charge >= 0.3 is 11.9 Å². The number of thioether (sulfide) groups is 1. The third-order valence-corrected chi connectivity index (χ3v) is 5.85. The summed E-state index contributed by atoms with van der Waals surface area (Å²) in [6.45, 7) is 3.25. The summed E-state index contributed by atoms with van der Waals surface area (Å²) in [5.74, 6) is -0.881. The van der Waals surface area contributed by atoms with Gasteiger partial charge in [0.1, 0.15) is 5.00 Å². The highest BCUT2D eigenvalue weighted by Crippen LogP contribution is 2.32. The quantitative estimate of drug-likeness (QED) is 0.529. The smallest absolute Gasteiger partial charge is 0.341 e. The molecular formula is C19H21NO5S2. The number of esters is 2. The summed E-state index contributed by atoms with van der Waals surface area (Å²) in [7, 11) is 1.29.